The lowest BCUT2D eigenvalue weighted by atomic mass is 10.1. The summed E-state index contributed by atoms with van der Waals surface area (Å²) in [5.74, 6) is 3.74. The van der Waals surface area contributed by atoms with Crippen LogP contribution in [0.15, 0.2) is 18.2 Å². The molecule has 0 aliphatic heterocycles. The molecule has 2 rings (SSSR count). The number of fused-ring (bicyclic) bond motifs is 1. The van der Waals surface area contributed by atoms with Gasteiger partial charge in [0, 0.05) is 10.9 Å². The Balaban J connectivity index is 2.46. The molecule has 2 aromatic rings. The number of aromatic amines is 1. The van der Waals surface area contributed by atoms with E-state index in [-0.39, 0.29) is 0 Å². The van der Waals surface area contributed by atoms with E-state index >= 15 is 0 Å². The minimum absolute atomic E-state index is 0.534. The molecule has 82 valence electrons. The van der Waals surface area contributed by atoms with E-state index in [1.807, 2.05) is 18.2 Å². The number of H-pyrrole nitrogens is 1. The Kier molecular flexibility index (Phi) is 2.48. The molecule has 3 N–H and O–H groups in total. The fourth-order valence-electron chi connectivity index (χ4n) is 1.37. The summed E-state index contributed by atoms with van der Waals surface area (Å²) in [6, 6.07) is 5.95. The van der Waals surface area contributed by atoms with Gasteiger partial charge in [0.2, 0.25) is 0 Å². The van der Waals surface area contributed by atoms with Gasteiger partial charge in [0.05, 0.1) is 5.52 Å². The fourth-order valence-corrected chi connectivity index (χ4v) is 1.89. The van der Waals surface area contributed by atoms with Crippen LogP contribution in [0.1, 0.15) is 5.56 Å². The van der Waals surface area contributed by atoms with Crippen LogP contribution >= 0.6 is 0 Å². The summed E-state index contributed by atoms with van der Waals surface area (Å²) in [4.78, 5) is 0. The molecule has 0 unspecified atom stereocenters. The van der Waals surface area contributed by atoms with Gasteiger partial charge in [-0.2, -0.15) is 5.10 Å². The molecule has 1 aromatic heterocycles. The van der Waals surface area contributed by atoms with Crippen LogP contribution in [0, 0.1) is 11.5 Å². The van der Waals surface area contributed by atoms with Crippen LogP contribution in [0.25, 0.3) is 10.9 Å². The van der Waals surface area contributed by atoms with Crippen LogP contribution in [0.2, 0.25) is 19.6 Å². The van der Waals surface area contributed by atoms with Gasteiger partial charge in [-0.1, -0.05) is 25.6 Å². The van der Waals surface area contributed by atoms with E-state index < -0.39 is 8.07 Å². The third-order valence-corrected chi connectivity index (χ3v) is 3.05. The Morgan fingerprint density at radius 3 is 2.75 bits per heavy atom. The Morgan fingerprint density at radius 1 is 1.31 bits per heavy atom. The van der Waals surface area contributed by atoms with Crippen molar-refractivity contribution in [1.29, 1.82) is 0 Å². The molecule has 16 heavy (non-hydrogen) atoms. The van der Waals surface area contributed by atoms with Crippen LogP contribution in [-0.4, -0.2) is 18.3 Å². The lowest BCUT2D eigenvalue weighted by molar-refractivity contribution is 1.13. The van der Waals surface area contributed by atoms with Crippen LogP contribution in [0.4, 0.5) is 5.82 Å². The first-order valence-corrected chi connectivity index (χ1v) is 8.72. The van der Waals surface area contributed by atoms with E-state index in [9.17, 15) is 0 Å². The molecule has 0 saturated carbocycles. The Bertz CT molecular complexity index is 582. The van der Waals surface area contributed by atoms with Crippen molar-refractivity contribution < 1.29 is 0 Å². The molecular weight excluding hydrogens is 214 g/mol. The highest BCUT2D eigenvalue weighted by atomic mass is 28.3. The van der Waals surface area contributed by atoms with Crippen LogP contribution < -0.4 is 5.73 Å². The zero-order chi connectivity index (χ0) is 11.8. The second-order valence-electron chi connectivity index (χ2n) is 4.87. The third-order valence-electron chi connectivity index (χ3n) is 2.17. The monoisotopic (exact) mass is 229 g/mol. The topological polar surface area (TPSA) is 54.7 Å². The number of hydrogen-bond donors (Lipinski definition) is 2. The zero-order valence-electron chi connectivity index (χ0n) is 9.76. The number of hydrogen-bond acceptors (Lipinski definition) is 2. The number of anilines is 1. The Morgan fingerprint density at radius 2 is 2.06 bits per heavy atom. The van der Waals surface area contributed by atoms with Gasteiger partial charge in [-0.3, -0.25) is 5.10 Å². The summed E-state index contributed by atoms with van der Waals surface area (Å²) in [5.41, 5.74) is 11.0. The number of nitrogens with zero attached hydrogens (tertiary/aromatic N) is 1. The first kappa shape index (κ1) is 10.8. The van der Waals surface area contributed by atoms with Crippen molar-refractivity contribution in [2.24, 2.45) is 0 Å². The summed E-state index contributed by atoms with van der Waals surface area (Å²) in [7, 11) is -1.32. The highest BCUT2D eigenvalue weighted by Gasteiger charge is 2.07. The molecule has 0 radical (unpaired) electrons. The SMILES string of the molecule is C[Si](C)(C)C#Cc1ccc2[nH]nc(N)c2c1. The minimum Gasteiger partial charge on any atom is -0.382 e. The molecule has 0 aliphatic rings. The van der Waals surface area contributed by atoms with Crippen molar-refractivity contribution >= 4 is 24.8 Å². The molecule has 0 bridgehead atoms. The molecule has 0 spiro atoms. The van der Waals surface area contributed by atoms with Crippen molar-refractivity contribution in [2.45, 2.75) is 19.6 Å². The summed E-state index contributed by atoms with van der Waals surface area (Å²) < 4.78 is 0. The van der Waals surface area contributed by atoms with Crippen LogP contribution in [0.3, 0.4) is 0 Å². The van der Waals surface area contributed by atoms with Gasteiger partial charge >= 0.3 is 0 Å². The number of benzene rings is 1. The third kappa shape index (κ3) is 2.26. The van der Waals surface area contributed by atoms with Crippen LogP contribution in [0.5, 0.6) is 0 Å². The number of nitrogen functional groups attached to an aromatic ring is 1. The van der Waals surface area contributed by atoms with E-state index in [0.29, 0.717) is 5.82 Å². The molecule has 3 nitrogen and oxygen atoms in total. The molecule has 0 atom stereocenters. The van der Waals surface area contributed by atoms with Gasteiger partial charge in [0.1, 0.15) is 8.07 Å². The van der Waals surface area contributed by atoms with Gasteiger partial charge in [0.25, 0.3) is 0 Å². The lowest BCUT2D eigenvalue weighted by Crippen LogP contribution is -2.16. The molecule has 0 amide bonds. The van der Waals surface area contributed by atoms with Gasteiger partial charge in [-0.25, -0.2) is 0 Å². The van der Waals surface area contributed by atoms with Crippen molar-refractivity contribution in [3.63, 3.8) is 0 Å². The number of rotatable bonds is 0. The molecule has 0 aliphatic carbocycles. The van der Waals surface area contributed by atoms with Crippen molar-refractivity contribution in [3.8, 4) is 11.5 Å². The fraction of sp³-hybridized carbons (Fsp3) is 0.250. The number of aromatic nitrogens is 2. The van der Waals surface area contributed by atoms with E-state index in [4.69, 9.17) is 5.73 Å². The summed E-state index contributed by atoms with van der Waals surface area (Å²) in [6.45, 7) is 6.68. The predicted molar refractivity (Wildman–Crippen MR) is 70.7 cm³/mol. The van der Waals surface area contributed by atoms with Crippen molar-refractivity contribution in [1.82, 2.24) is 10.2 Å². The first-order valence-electron chi connectivity index (χ1n) is 5.22. The molecular formula is C12H15N3Si. The predicted octanol–water partition coefficient (Wildman–Crippen LogP) is 2.37. The summed E-state index contributed by atoms with van der Waals surface area (Å²) in [5, 5.41) is 7.78. The highest BCUT2D eigenvalue weighted by molar-refractivity contribution is 6.83. The maximum absolute atomic E-state index is 5.75. The lowest BCUT2D eigenvalue weighted by Gasteiger charge is -2.03. The maximum Gasteiger partial charge on any atom is 0.153 e. The minimum atomic E-state index is -1.32. The molecule has 1 heterocycles. The molecule has 4 heteroatoms. The van der Waals surface area contributed by atoms with Gasteiger partial charge in [-0.15, -0.1) is 5.54 Å². The Hall–Kier alpha value is -1.73. The van der Waals surface area contributed by atoms with Crippen LogP contribution in [-0.2, 0) is 0 Å². The van der Waals surface area contributed by atoms with Gasteiger partial charge in [-0.05, 0) is 18.2 Å². The molecule has 1 aromatic carbocycles. The second-order valence-corrected chi connectivity index (χ2v) is 9.62. The standard InChI is InChI=1S/C12H15N3Si/c1-16(2,3)7-6-9-4-5-11-10(8-9)12(13)15-14-11/h4-5,8H,1-3H3,(H3,13,14,15). The number of nitrogens with two attached hydrogens (primary N) is 1. The van der Waals surface area contributed by atoms with Crippen molar-refractivity contribution in [3.05, 3.63) is 23.8 Å². The number of nitrogens with one attached hydrogen (secondary N) is 1. The zero-order valence-corrected chi connectivity index (χ0v) is 10.8. The summed E-state index contributed by atoms with van der Waals surface area (Å²) >= 11 is 0. The van der Waals surface area contributed by atoms with Gasteiger partial charge in [0.15, 0.2) is 5.82 Å². The Labute approximate surface area is 96.1 Å². The van der Waals surface area contributed by atoms with E-state index in [1.54, 1.807) is 0 Å². The largest absolute Gasteiger partial charge is 0.382 e. The van der Waals surface area contributed by atoms with E-state index in [1.165, 1.54) is 0 Å². The average molecular weight is 229 g/mol. The quantitative estimate of drug-likeness (QED) is 0.538. The maximum atomic E-state index is 5.75. The first-order chi connectivity index (χ1) is 7.46. The van der Waals surface area contributed by atoms with Gasteiger partial charge < -0.3 is 5.73 Å². The van der Waals surface area contributed by atoms with E-state index in [0.717, 1.165) is 16.5 Å². The normalized spacial score (nSPS) is 11.2. The molecule has 0 fully saturated rings. The van der Waals surface area contributed by atoms with Crippen molar-refractivity contribution in [2.75, 3.05) is 5.73 Å². The smallest absolute Gasteiger partial charge is 0.153 e. The second kappa shape index (κ2) is 3.69. The molecule has 0 saturated heterocycles. The summed E-state index contributed by atoms with van der Waals surface area (Å²) in [6.07, 6.45) is 0. The van der Waals surface area contributed by atoms with E-state index in [2.05, 4.69) is 41.3 Å². The highest BCUT2D eigenvalue weighted by Crippen LogP contribution is 2.18. The average Bonchev–Trinajstić information content (AvgIpc) is 2.56.